The van der Waals surface area contributed by atoms with Crippen LogP contribution in [0.4, 0.5) is 0 Å². The lowest BCUT2D eigenvalue weighted by molar-refractivity contribution is -0.127. The minimum atomic E-state index is -0.0487. The topological polar surface area (TPSA) is 75.3 Å². The van der Waals surface area contributed by atoms with Crippen LogP contribution in [0, 0.1) is 5.92 Å². The Hall–Kier alpha value is -0.260. The number of hydrogen-bond donors (Lipinski definition) is 3. The predicted octanol–water partition coefficient (Wildman–Crippen LogP) is 0.732. The quantitative estimate of drug-likeness (QED) is 0.681. The first-order valence-electron chi connectivity index (χ1n) is 6.29. The van der Waals surface area contributed by atoms with Gasteiger partial charge in [0.25, 0.3) is 0 Å². The van der Waals surface area contributed by atoms with Gasteiger partial charge in [0.05, 0.1) is 12.5 Å². The van der Waals surface area contributed by atoms with Crippen LogP contribution in [0.1, 0.15) is 32.6 Å². The highest BCUT2D eigenvalue weighted by molar-refractivity contribution is 7.99. The molecule has 4 nitrogen and oxygen atoms in total. The van der Waals surface area contributed by atoms with Gasteiger partial charge in [0, 0.05) is 17.3 Å². The lowest BCUT2D eigenvalue weighted by Crippen LogP contribution is -2.49. The van der Waals surface area contributed by atoms with Crippen molar-refractivity contribution in [3.05, 3.63) is 0 Å². The Morgan fingerprint density at radius 3 is 2.71 bits per heavy atom. The van der Waals surface area contributed by atoms with Crippen LogP contribution in [0.2, 0.25) is 0 Å². The van der Waals surface area contributed by atoms with Crippen LogP contribution < -0.4 is 11.1 Å². The number of nitrogens with one attached hydrogen (secondary N) is 1. The summed E-state index contributed by atoms with van der Waals surface area (Å²) in [6.07, 6.45) is 5.99. The highest BCUT2D eigenvalue weighted by Crippen LogP contribution is 2.23. The van der Waals surface area contributed by atoms with E-state index in [9.17, 15) is 9.90 Å². The lowest BCUT2D eigenvalue weighted by Gasteiger charge is -2.30. The summed E-state index contributed by atoms with van der Waals surface area (Å²) in [6.45, 7) is 2.02. The third-order valence-electron chi connectivity index (χ3n) is 3.57. The average molecular weight is 260 g/mol. The van der Waals surface area contributed by atoms with Crippen molar-refractivity contribution in [3.8, 4) is 0 Å². The molecule has 5 heteroatoms. The Balaban J connectivity index is 2.47. The van der Waals surface area contributed by atoms with Crippen LogP contribution in [-0.2, 0) is 4.79 Å². The fourth-order valence-corrected chi connectivity index (χ4v) is 2.97. The van der Waals surface area contributed by atoms with Gasteiger partial charge in [-0.15, -0.1) is 0 Å². The van der Waals surface area contributed by atoms with E-state index < -0.39 is 0 Å². The molecule has 4 unspecified atom stereocenters. The van der Waals surface area contributed by atoms with Crippen molar-refractivity contribution in [3.63, 3.8) is 0 Å². The van der Waals surface area contributed by atoms with E-state index in [1.807, 2.05) is 13.2 Å². The number of rotatable bonds is 5. The number of amides is 1. The maximum absolute atomic E-state index is 12.1. The first-order valence-corrected chi connectivity index (χ1v) is 7.58. The van der Waals surface area contributed by atoms with Crippen LogP contribution in [0.3, 0.4) is 0 Å². The average Bonchev–Trinajstić information content (AvgIpc) is 2.31. The van der Waals surface area contributed by atoms with Crippen molar-refractivity contribution in [1.82, 2.24) is 5.32 Å². The number of carbonyl (C=O) groups excluding carboxylic acids is 1. The molecule has 17 heavy (non-hydrogen) atoms. The second kappa shape index (κ2) is 7.24. The molecule has 0 aromatic rings. The molecule has 0 radical (unpaired) electrons. The summed E-state index contributed by atoms with van der Waals surface area (Å²) in [5.41, 5.74) is 5.98. The van der Waals surface area contributed by atoms with E-state index in [-0.39, 0.29) is 35.8 Å². The number of nitrogens with two attached hydrogens (primary N) is 1. The molecular formula is C12H24N2O2S. The van der Waals surface area contributed by atoms with Crippen molar-refractivity contribution in [2.24, 2.45) is 11.7 Å². The summed E-state index contributed by atoms with van der Waals surface area (Å²) in [6, 6.07) is -0.0190. The van der Waals surface area contributed by atoms with Gasteiger partial charge in [0.2, 0.25) is 5.91 Å². The smallest absolute Gasteiger partial charge is 0.224 e. The molecule has 1 aliphatic carbocycles. The second-order valence-corrected chi connectivity index (χ2v) is 5.89. The summed E-state index contributed by atoms with van der Waals surface area (Å²) in [7, 11) is 0. The molecule has 4 atom stereocenters. The molecule has 0 aromatic heterocycles. The molecule has 1 rings (SSSR count). The van der Waals surface area contributed by atoms with Crippen molar-refractivity contribution in [1.29, 1.82) is 0 Å². The molecule has 0 heterocycles. The minimum Gasteiger partial charge on any atom is -0.395 e. The van der Waals surface area contributed by atoms with E-state index in [4.69, 9.17) is 5.73 Å². The third kappa shape index (κ3) is 4.16. The normalized spacial score (nSPS) is 28.5. The summed E-state index contributed by atoms with van der Waals surface area (Å²) in [4.78, 5) is 12.1. The lowest BCUT2D eigenvalue weighted by atomic mass is 9.84. The minimum absolute atomic E-state index is 0.00203. The molecule has 0 spiro atoms. The van der Waals surface area contributed by atoms with Crippen LogP contribution >= 0.6 is 11.8 Å². The molecule has 0 aliphatic heterocycles. The van der Waals surface area contributed by atoms with Gasteiger partial charge in [-0.25, -0.2) is 0 Å². The number of aliphatic hydroxyl groups is 1. The van der Waals surface area contributed by atoms with E-state index in [2.05, 4.69) is 5.32 Å². The largest absolute Gasteiger partial charge is 0.395 e. The molecule has 0 saturated heterocycles. The van der Waals surface area contributed by atoms with Gasteiger partial charge >= 0.3 is 0 Å². The summed E-state index contributed by atoms with van der Waals surface area (Å²) in [5.74, 6) is 0.00426. The number of hydrogen-bond acceptors (Lipinski definition) is 4. The standard InChI is InChI=1S/C12H24N2O2S/c1-8(11(7-15)17-2)14-12(16)9-5-3-4-6-10(9)13/h8-11,15H,3-7,13H2,1-2H3,(H,14,16). The van der Waals surface area contributed by atoms with Gasteiger partial charge in [0.15, 0.2) is 0 Å². The summed E-state index contributed by atoms with van der Waals surface area (Å²) >= 11 is 1.57. The van der Waals surface area contributed by atoms with Crippen molar-refractivity contribution >= 4 is 17.7 Å². The van der Waals surface area contributed by atoms with Gasteiger partial charge in [0.1, 0.15) is 0 Å². The van der Waals surface area contributed by atoms with Gasteiger partial charge in [-0.1, -0.05) is 12.8 Å². The molecule has 0 bridgehead atoms. The first-order chi connectivity index (χ1) is 8.10. The van der Waals surface area contributed by atoms with Crippen LogP contribution in [0.5, 0.6) is 0 Å². The third-order valence-corrected chi connectivity index (χ3v) is 4.73. The second-order valence-electron chi connectivity index (χ2n) is 4.81. The van der Waals surface area contributed by atoms with Gasteiger partial charge in [-0.05, 0) is 26.0 Å². The molecule has 4 N–H and O–H groups in total. The Bertz CT molecular complexity index is 247. The Kier molecular flexibility index (Phi) is 6.30. The summed E-state index contributed by atoms with van der Waals surface area (Å²) < 4.78 is 0. The van der Waals surface area contributed by atoms with E-state index in [0.29, 0.717) is 0 Å². The van der Waals surface area contributed by atoms with E-state index >= 15 is 0 Å². The Labute approximate surface area is 108 Å². The highest BCUT2D eigenvalue weighted by atomic mass is 32.2. The fraction of sp³-hybridized carbons (Fsp3) is 0.917. The van der Waals surface area contributed by atoms with Crippen LogP contribution in [-0.4, -0.2) is 41.2 Å². The van der Waals surface area contributed by atoms with E-state index in [0.717, 1.165) is 25.7 Å². The number of carbonyl (C=O) groups is 1. The predicted molar refractivity (Wildman–Crippen MR) is 71.9 cm³/mol. The van der Waals surface area contributed by atoms with E-state index in [1.54, 1.807) is 11.8 Å². The van der Waals surface area contributed by atoms with E-state index in [1.165, 1.54) is 0 Å². The Morgan fingerprint density at radius 1 is 1.53 bits per heavy atom. The van der Waals surface area contributed by atoms with Crippen molar-refractivity contribution in [2.75, 3.05) is 12.9 Å². The monoisotopic (exact) mass is 260 g/mol. The zero-order valence-corrected chi connectivity index (χ0v) is 11.5. The fourth-order valence-electron chi connectivity index (χ4n) is 2.35. The molecule has 0 aromatic carbocycles. The Morgan fingerprint density at radius 2 is 2.18 bits per heavy atom. The van der Waals surface area contributed by atoms with Gasteiger partial charge in [-0.3, -0.25) is 4.79 Å². The number of aliphatic hydroxyl groups excluding tert-OH is 1. The van der Waals surface area contributed by atoms with Gasteiger partial charge < -0.3 is 16.2 Å². The molecule has 100 valence electrons. The SMILES string of the molecule is CSC(CO)C(C)NC(=O)C1CCCCC1N. The van der Waals surface area contributed by atoms with Crippen LogP contribution in [0.15, 0.2) is 0 Å². The van der Waals surface area contributed by atoms with Gasteiger partial charge in [-0.2, -0.15) is 11.8 Å². The molecule has 1 aliphatic rings. The molecule has 1 saturated carbocycles. The maximum Gasteiger partial charge on any atom is 0.224 e. The summed E-state index contributed by atoms with van der Waals surface area (Å²) in [5, 5.41) is 12.2. The van der Waals surface area contributed by atoms with Crippen molar-refractivity contribution in [2.45, 2.75) is 49.9 Å². The number of thioether (sulfide) groups is 1. The molecule has 1 fully saturated rings. The highest BCUT2D eigenvalue weighted by Gasteiger charge is 2.29. The van der Waals surface area contributed by atoms with Crippen LogP contribution in [0.25, 0.3) is 0 Å². The molecule has 1 amide bonds. The first kappa shape index (κ1) is 14.8. The zero-order chi connectivity index (χ0) is 12.8. The maximum atomic E-state index is 12.1. The molecular weight excluding hydrogens is 236 g/mol. The zero-order valence-electron chi connectivity index (χ0n) is 10.7. The van der Waals surface area contributed by atoms with Crippen molar-refractivity contribution < 1.29 is 9.90 Å².